The summed E-state index contributed by atoms with van der Waals surface area (Å²) in [4.78, 5) is 11.6. The van der Waals surface area contributed by atoms with Crippen molar-refractivity contribution < 1.29 is 4.74 Å². The van der Waals surface area contributed by atoms with Crippen LogP contribution in [0.25, 0.3) is 6.08 Å². The molecule has 4 nitrogen and oxygen atoms in total. The molecule has 0 N–H and O–H groups in total. The Balaban J connectivity index is 1.56. The van der Waals surface area contributed by atoms with Crippen LogP contribution in [0.3, 0.4) is 0 Å². The molecule has 0 aliphatic carbocycles. The van der Waals surface area contributed by atoms with Crippen molar-refractivity contribution in [2.45, 2.75) is 18.6 Å². The molecule has 1 saturated heterocycles. The molecule has 1 aliphatic heterocycles. The smallest absolute Gasteiger partial charge is 0.188 e. The standard InChI is InChI=1S/C19H23N3OS/c1-16-14-18(15-22-9-11-23-12-10-22)21-19(20-16)24-13-5-8-17-6-3-2-4-7-17/h2-8,14H,9-13,15H2,1H3. The second-order valence-corrected chi connectivity index (χ2v) is 6.78. The fourth-order valence-corrected chi connectivity index (χ4v) is 3.34. The highest BCUT2D eigenvalue weighted by Gasteiger charge is 2.12. The van der Waals surface area contributed by atoms with Crippen LogP contribution in [0, 0.1) is 6.92 Å². The minimum absolute atomic E-state index is 0.815. The van der Waals surface area contributed by atoms with E-state index < -0.39 is 0 Å². The van der Waals surface area contributed by atoms with Gasteiger partial charge in [-0.25, -0.2) is 9.97 Å². The Morgan fingerprint density at radius 1 is 1.17 bits per heavy atom. The van der Waals surface area contributed by atoms with Gasteiger partial charge in [-0.3, -0.25) is 4.90 Å². The monoisotopic (exact) mass is 341 g/mol. The number of aromatic nitrogens is 2. The van der Waals surface area contributed by atoms with Gasteiger partial charge in [0.05, 0.1) is 18.9 Å². The quantitative estimate of drug-likeness (QED) is 0.594. The van der Waals surface area contributed by atoms with Crippen LogP contribution in [0.15, 0.2) is 47.6 Å². The summed E-state index contributed by atoms with van der Waals surface area (Å²) in [7, 11) is 0. The minimum atomic E-state index is 0.815. The molecule has 3 rings (SSSR count). The van der Waals surface area contributed by atoms with Crippen molar-refractivity contribution in [3.63, 3.8) is 0 Å². The average molecular weight is 341 g/mol. The highest BCUT2D eigenvalue weighted by Crippen LogP contribution is 2.16. The summed E-state index contributed by atoms with van der Waals surface area (Å²) in [6, 6.07) is 12.4. The maximum Gasteiger partial charge on any atom is 0.188 e. The van der Waals surface area contributed by atoms with Crippen molar-refractivity contribution in [1.29, 1.82) is 0 Å². The largest absolute Gasteiger partial charge is 0.379 e. The molecule has 1 fully saturated rings. The van der Waals surface area contributed by atoms with Crippen molar-refractivity contribution in [1.82, 2.24) is 14.9 Å². The van der Waals surface area contributed by atoms with Gasteiger partial charge in [-0.1, -0.05) is 54.2 Å². The van der Waals surface area contributed by atoms with E-state index in [0.29, 0.717) is 0 Å². The lowest BCUT2D eigenvalue weighted by Crippen LogP contribution is -2.35. The SMILES string of the molecule is Cc1cc(CN2CCOCC2)nc(SCC=Cc2ccccc2)n1. The first-order chi connectivity index (χ1) is 11.8. The lowest BCUT2D eigenvalue weighted by atomic mass is 10.2. The normalized spacial score (nSPS) is 15.9. The van der Waals surface area contributed by atoms with Gasteiger partial charge in [-0.05, 0) is 18.6 Å². The van der Waals surface area contributed by atoms with Crippen molar-refractivity contribution >= 4 is 17.8 Å². The molecule has 0 unspecified atom stereocenters. The predicted octanol–water partition coefficient (Wildman–Crippen LogP) is 3.42. The van der Waals surface area contributed by atoms with Crippen molar-refractivity contribution in [3.05, 3.63) is 59.4 Å². The lowest BCUT2D eigenvalue weighted by Gasteiger charge is -2.26. The number of morpholine rings is 1. The summed E-state index contributed by atoms with van der Waals surface area (Å²) in [6.07, 6.45) is 4.30. The summed E-state index contributed by atoms with van der Waals surface area (Å²) in [6.45, 7) is 6.50. The number of ether oxygens (including phenoxy) is 1. The predicted molar refractivity (Wildman–Crippen MR) is 99.1 cm³/mol. The van der Waals surface area contributed by atoms with Gasteiger partial charge >= 0.3 is 0 Å². The van der Waals surface area contributed by atoms with Crippen molar-refractivity contribution in [2.75, 3.05) is 32.1 Å². The molecule has 2 aromatic rings. The zero-order valence-corrected chi connectivity index (χ0v) is 14.8. The fraction of sp³-hybridized carbons (Fsp3) is 0.368. The summed E-state index contributed by atoms with van der Waals surface area (Å²) in [5.74, 6) is 0.870. The highest BCUT2D eigenvalue weighted by atomic mass is 32.2. The van der Waals surface area contributed by atoms with Crippen LogP contribution < -0.4 is 0 Å². The van der Waals surface area contributed by atoms with Gasteiger partial charge in [-0.15, -0.1) is 0 Å². The van der Waals surface area contributed by atoms with E-state index >= 15 is 0 Å². The third kappa shape index (κ3) is 5.44. The number of benzene rings is 1. The molecule has 0 atom stereocenters. The number of hydrogen-bond donors (Lipinski definition) is 0. The lowest BCUT2D eigenvalue weighted by molar-refractivity contribution is 0.0335. The number of hydrogen-bond acceptors (Lipinski definition) is 5. The number of nitrogens with zero attached hydrogens (tertiary/aromatic N) is 3. The van der Waals surface area contributed by atoms with E-state index in [1.165, 1.54) is 5.56 Å². The van der Waals surface area contributed by atoms with Gasteiger partial charge in [0.2, 0.25) is 0 Å². The molecule has 2 heterocycles. The average Bonchev–Trinajstić information content (AvgIpc) is 2.60. The van der Waals surface area contributed by atoms with Crippen LogP contribution in [0.4, 0.5) is 0 Å². The Labute approximate surface area is 148 Å². The van der Waals surface area contributed by atoms with Crippen molar-refractivity contribution in [2.24, 2.45) is 0 Å². The molecule has 1 aromatic heterocycles. The Morgan fingerprint density at radius 3 is 2.75 bits per heavy atom. The number of thioether (sulfide) groups is 1. The maximum atomic E-state index is 5.40. The first kappa shape index (κ1) is 17.1. The van der Waals surface area contributed by atoms with E-state index in [1.54, 1.807) is 11.8 Å². The number of aryl methyl sites for hydroxylation is 1. The van der Waals surface area contributed by atoms with E-state index in [4.69, 9.17) is 9.72 Å². The Bertz CT molecular complexity index is 670. The van der Waals surface area contributed by atoms with E-state index in [1.807, 2.05) is 25.1 Å². The molecule has 0 spiro atoms. The van der Waals surface area contributed by atoms with Crippen molar-refractivity contribution in [3.8, 4) is 0 Å². The first-order valence-electron chi connectivity index (χ1n) is 8.29. The van der Waals surface area contributed by atoms with Crippen LogP contribution in [0.1, 0.15) is 17.0 Å². The zero-order chi connectivity index (χ0) is 16.6. The third-order valence-corrected chi connectivity index (χ3v) is 4.59. The van der Waals surface area contributed by atoms with E-state index in [-0.39, 0.29) is 0 Å². The topological polar surface area (TPSA) is 38.2 Å². The molecule has 0 radical (unpaired) electrons. The molecule has 1 aromatic carbocycles. The summed E-state index contributed by atoms with van der Waals surface area (Å²) >= 11 is 1.68. The van der Waals surface area contributed by atoms with E-state index in [9.17, 15) is 0 Å². The van der Waals surface area contributed by atoms with Gasteiger partial charge in [-0.2, -0.15) is 0 Å². The maximum absolute atomic E-state index is 5.40. The van der Waals surface area contributed by atoms with Crippen LogP contribution in [-0.4, -0.2) is 46.9 Å². The molecule has 5 heteroatoms. The van der Waals surface area contributed by atoms with Crippen LogP contribution in [-0.2, 0) is 11.3 Å². The molecular formula is C19H23N3OS. The molecular weight excluding hydrogens is 318 g/mol. The zero-order valence-electron chi connectivity index (χ0n) is 14.0. The van der Waals surface area contributed by atoms with Gasteiger partial charge in [0.25, 0.3) is 0 Å². The molecule has 0 bridgehead atoms. The minimum Gasteiger partial charge on any atom is -0.379 e. The Hall–Kier alpha value is -1.69. The highest BCUT2D eigenvalue weighted by molar-refractivity contribution is 7.99. The summed E-state index contributed by atoms with van der Waals surface area (Å²) < 4.78 is 5.40. The van der Waals surface area contributed by atoms with Crippen LogP contribution in [0.5, 0.6) is 0 Å². The van der Waals surface area contributed by atoms with Crippen LogP contribution >= 0.6 is 11.8 Å². The second-order valence-electron chi connectivity index (χ2n) is 5.80. The van der Waals surface area contributed by atoms with E-state index in [2.05, 4.69) is 40.2 Å². The van der Waals surface area contributed by atoms with Gasteiger partial charge in [0, 0.05) is 31.1 Å². The number of rotatable bonds is 6. The summed E-state index contributed by atoms with van der Waals surface area (Å²) in [5.41, 5.74) is 3.35. The first-order valence-corrected chi connectivity index (χ1v) is 9.27. The third-order valence-electron chi connectivity index (χ3n) is 3.79. The molecule has 24 heavy (non-hydrogen) atoms. The summed E-state index contributed by atoms with van der Waals surface area (Å²) in [5, 5.41) is 0.857. The van der Waals surface area contributed by atoms with Crippen LogP contribution in [0.2, 0.25) is 0 Å². The van der Waals surface area contributed by atoms with Gasteiger partial charge in [0.15, 0.2) is 5.16 Å². The molecule has 126 valence electrons. The molecule has 0 saturated carbocycles. The Kier molecular flexibility index (Phi) is 6.41. The molecule has 0 amide bonds. The molecule has 1 aliphatic rings. The fourth-order valence-electron chi connectivity index (χ4n) is 2.61. The van der Waals surface area contributed by atoms with Gasteiger partial charge in [0.1, 0.15) is 0 Å². The Morgan fingerprint density at radius 2 is 1.96 bits per heavy atom. The second kappa shape index (κ2) is 8.97. The van der Waals surface area contributed by atoms with E-state index in [0.717, 1.165) is 55.1 Å². The van der Waals surface area contributed by atoms with Gasteiger partial charge < -0.3 is 4.74 Å².